The Balaban J connectivity index is 2.03. The van der Waals surface area contributed by atoms with Gasteiger partial charge in [-0.1, -0.05) is 12.1 Å². The van der Waals surface area contributed by atoms with Gasteiger partial charge in [-0.05, 0) is 41.6 Å². The van der Waals surface area contributed by atoms with Crippen LogP contribution in [0.5, 0.6) is 0 Å². The van der Waals surface area contributed by atoms with Crippen molar-refractivity contribution in [2.45, 2.75) is 13.5 Å². The molecule has 1 N–H and O–H groups in total. The maximum absolute atomic E-state index is 11.1. The van der Waals surface area contributed by atoms with E-state index in [0.717, 1.165) is 22.0 Å². The number of aromatic nitrogens is 2. The van der Waals surface area contributed by atoms with E-state index in [-0.39, 0.29) is 0 Å². The summed E-state index contributed by atoms with van der Waals surface area (Å²) in [7, 11) is 0. The molecule has 0 amide bonds. The van der Waals surface area contributed by atoms with Gasteiger partial charge in [0.15, 0.2) is 0 Å². The van der Waals surface area contributed by atoms with Gasteiger partial charge >= 0.3 is 5.97 Å². The predicted octanol–water partition coefficient (Wildman–Crippen LogP) is 3.09. The van der Waals surface area contributed by atoms with Crippen molar-refractivity contribution in [2.24, 2.45) is 0 Å². The average molecular weight is 266 g/mol. The molecule has 0 saturated carbocycles. The Bertz CT molecular complexity index is 790. The second-order valence-corrected chi connectivity index (χ2v) is 4.89. The van der Waals surface area contributed by atoms with Crippen molar-refractivity contribution in [3.8, 4) is 0 Å². The molecule has 20 heavy (non-hydrogen) atoms. The van der Waals surface area contributed by atoms with Crippen LogP contribution in [-0.4, -0.2) is 20.6 Å². The smallest absolute Gasteiger partial charge is 0.335 e. The number of benzene rings is 1. The molecular formula is C16H14N2O2. The first-order valence-corrected chi connectivity index (χ1v) is 6.36. The molecule has 1 aromatic carbocycles. The van der Waals surface area contributed by atoms with E-state index in [1.54, 1.807) is 12.1 Å². The SMILES string of the molecule is Cc1cncc(Cn2ccc3ccc(C(=O)O)cc32)c1. The standard InChI is InChI=1S/C16H14N2O2/c1-11-6-12(9-17-8-11)10-18-5-4-13-2-3-14(16(19)20)7-15(13)18/h2-9H,10H2,1H3,(H,19,20). The topological polar surface area (TPSA) is 55.1 Å². The van der Waals surface area contributed by atoms with Gasteiger partial charge in [0.1, 0.15) is 0 Å². The van der Waals surface area contributed by atoms with Crippen LogP contribution >= 0.6 is 0 Å². The van der Waals surface area contributed by atoms with Crippen molar-refractivity contribution in [2.75, 3.05) is 0 Å². The van der Waals surface area contributed by atoms with Gasteiger partial charge in [-0.25, -0.2) is 4.79 Å². The van der Waals surface area contributed by atoms with Gasteiger partial charge in [-0.2, -0.15) is 0 Å². The quantitative estimate of drug-likeness (QED) is 0.792. The molecule has 0 spiro atoms. The summed E-state index contributed by atoms with van der Waals surface area (Å²) in [5.41, 5.74) is 3.44. The number of hydrogen-bond acceptors (Lipinski definition) is 2. The zero-order chi connectivity index (χ0) is 14.1. The molecule has 4 heteroatoms. The fourth-order valence-corrected chi connectivity index (χ4v) is 2.36. The lowest BCUT2D eigenvalue weighted by Gasteiger charge is -2.06. The molecule has 2 aromatic heterocycles. The van der Waals surface area contributed by atoms with E-state index in [2.05, 4.69) is 11.1 Å². The zero-order valence-corrected chi connectivity index (χ0v) is 11.1. The molecule has 4 nitrogen and oxygen atoms in total. The number of nitrogens with zero attached hydrogens (tertiary/aromatic N) is 2. The fraction of sp³-hybridized carbons (Fsp3) is 0.125. The minimum Gasteiger partial charge on any atom is -0.478 e. The number of fused-ring (bicyclic) bond motifs is 1. The molecule has 0 aliphatic carbocycles. The van der Waals surface area contributed by atoms with Crippen molar-refractivity contribution in [3.63, 3.8) is 0 Å². The summed E-state index contributed by atoms with van der Waals surface area (Å²) in [5.74, 6) is -0.906. The Kier molecular flexibility index (Phi) is 2.99. The minimum absolute atomic E-state index is 0.305. The lowest BCUT2D eigenvalue weighted by Crippen LogP contribution is -2.01. The van der Waals surface area contributed by atoms with Crippen molar-refractivity contribution in [1.82, 2.24) is 9.55 Å². The minimum atomic E-state index is -0.906. The summed E-state index contributed by atoms with van der Waals surface area (Å²) in [6.07, 6.45) is 5.62. The van der Waals surface area contributed by atoms with Crippen LogP contribution in [0.3, 0.4) is 0 Å². The molecule has 0 aliphatic heterocycles. The normalized spacial score (nSPS) is 10.8. The van der Waals surface area contributed by atoms with Crippen LogP contribution in [0.25, 0.3) is 10.9 Å². The summed E-state index contributed by atoms with van der Waals surface area (Å²) in [4.78, 5) is 15.2. The molecule has 0 aliphatic rings. The van der Waals surface area contributed by atoms with E-state index in [1.807, 2.05) is 42.2 Å². The number of aromatic carboxylic acids is 1. The Morgan fingerprint density at radius 3 is 2.85 bits per heavy atom. The Labute approximate surface area is 116 Å². The summed E-state index contributed by atoms with van der Waals surface area (Å²) in [5, 5.41) is 10.1. The van der Waals surface area contributed by atoms with Crippen LogP contribution in [0.15, 0.2) is 48.9 Å². The number of carboxylic acid groups (broad SMARTS) is 1. The number of aryl methyl sites for hydroxylation is 1. The molecule has 3 rings (SSSR count). The van der Waals surface area contributed by atoms with Gasteiger partial charge in [0.2, 0.25) is 0 Å². The summed E-state index contributed by atoms with van der Waals surface area (Å²) >= 11 is 0. The van der Waals surface area contributed by atoms with Crippen molar-refractivity contribution >= 4 is 16.9 Å². The average Bonchev–Trinajstić information content (AvgIpc) is 2.81. The molecule has 0 atom stereocenters. The number of carboxylic acids is 1. The maximum atomic E-state index is 11.1. The highest BCUT2D eigenvalue weighted by Crippen LogP contribution is 2.19. The highest BCUT2D eigenvalue weighted by molar-refractivity contribution is 5.93. The first-order chi connectivity index (χ1) is 9.63. The highest BCUT2D eigenvalue weighted by Gasteiger charge is 2.07. The first-order valence-electron chi connectivity index (χ1n) is 6.36. The molecular weight excluding hydrogens is 252 g/mol. The molecule has 3 aromatic rings. The third kappa shape index (κ3) is 2.28. The van der Waals surface area contributed by atoms with E-state index in [9.17, 15) is 4.79 Å². The van der Waals surface area contributed by atoms with Gasteiger partial charge < -0.3 is 9.67 Å². The predicted molar refractivity (Wildman–Crippen MR) is 77.0 cm³/mol. The monoisotopic (exact) mass is 266 g/mol. The third-order valence-corrected chi connectivity index (χ3v) is 3.31. The number of carbonyl (C=O) groups is 1. The second-order valence-electron chi connectivity index (χ2n) is 4.89. The van der Waals surface area contributed by atoms with Gasteiger partial charge in [-0.3, -0.25) is 4.98 Å². The Morgan fingerprint density at radius 1 is 1.25 bits per heavy atom. The van der Waals surface area contributed by atoms with E-state index in [1.165, 1.54) is 0 Å². The van der Waals surface area contributed by atoms with Gasteiger partial charge in [0, 0.05) is 30.7 Å². The van der Waals surface area contributed by atoms with Crippen LogP contribution in [0, 0.1) is 6.92 Å². The molecule has 0 saturated heterocycles. The molecule has 0 bridgehead atoms. The number of pyridine rings is 1. The summed E-state index contributed by atoms with van der Waals surface area (Å²) in [6, 6.07) is 9.25. The molecule has 0 unspecified atom stereocenters. The third-order valence-electron chi connectivity index (χ3n) is 3.31. The van der Waals surface area contributed by atoms with Crippen molar-refractivity contribution in [1.29, 1.82) is 0 Å². The molecule has 2 heterocycles. The van der Waals surface area contributed by atoms with Crippen LogP contribution in [-0.2, 0) is 6.54 Å². The van der Waals surface area contributed by atoms with Gasteiger partial charge in [0.25, 0.3) is 0 Å². The van der Waals surface area contributed by atoms with Crippen LogP contribution in [0.1, 0.15) is 21.5 Å². The van der Waals surface area contributed by atoms with Gasteiger partial charge in [-0.15, -0.1) is 0 Å². The van der Waals surface area contributed by atoms with E-state index >= 15 is 0 Å². The van der Waals surface area contributed by atoms with E-state index in [0.29, 0.717) is 12.1 Å². The van der Waals surface area contributed by atoms with Crippen molar-refractivity contribution in [3.05, 3.63) is 65.6 Å². The molecule has 0 fully saturated rings. The number of rotatable bonds is 3. The van der Waals surface area contributed by atoms with E-state index < -0.39 is 5.97 Å². The lowest BCUT2D eigenvalue weighted by atomic mass is 10.1. The Hall–Kier alpha value is -2.62. The molecule has 0 radical (unpaired) electrons. The maximum Gasteiger partial charge on any atom is 0.335 e. The summed E-state index contributed by atoms with van der Waals surface area (Å²) in [6.45, 7) is 2.69. The van der Waals surface area contributed by atoms with Gasteiger partial charge in [0.05, 0.1) is 5.56 Å². The largest absolute Gasteiger partial charge is 0.478 e. The second kappa shape index (κ2) is 4.81. The lowest BCUT2D eigenvalue weighted by molar-refractivity contribution is 0.0697. The fourth-order valence-electron chi connectivity index (χ4n) is 2.36. The van der Waals surface area contributed by atoms with Crippen LogP contribution < -0.4 is 0 Å². The molecule has 100 valence electrons. The van der Waals surface area contributed by atoms with Crippen LogP contribution in [0.4, 0.5) is 0 Å². The van der Waals surface area contributed by atoms with Crippen LogP contribution in [0.2, 0.25) is 0 Å². The number of hydrogen-bond donors (Lipinski definition) is 1. The zero-order valence-electron chi connectivity index (χ0n) is 11.1. The highest BCUT2D eigenvalue weighted by atomic mass is 16.4. The Morgan fingerprint density at radius 2 is 2.10 bits per heavy atom. The summed E-state index contributed by atoms with van der Waals surface area (Å²) < 4.78 is 2.04. The first kappa shape index (κ1) is 12.4. The van der Waals surface area contributed by atoms with E-state index in [4.69, 9.17) is 5.11 Å². The van der Waals surface area contributed by atoms with Crippen molar-refractivity contribution < 1.29 is 9.90 Å².